The second-order valence-corrected chi connectivity index (χ2v) is 4.85. The quantitative estimate of drug-likeness (QED) is 0.783. The number of ether oxygens (including phenoxy) is 1. The third-order valence-electron chi connectivity index (χ3n) is 3.54. The van der Waals surface area contributed by atoms with Crippen LogP contribution in [0.3, 0.4) is 0 Å². The summed E-state index contributed by atoms with van der Waals surface area (Å²) in [7, 11) is 1.67. The Morgan fingerprint density at radius 3 is 2.58 bits per heavy atom. The summed E-state index contributed by atoms with van der Waals surface area (Å²) < 4.78 is 5.32. The Morgan fingerprint density at radius 1 is 1.26 bits per heavy atom. The highest BCUT2D eigenvalue weighted by atomic mass is 16.5. The Kier molecular flexibility index (Phi) is 4.32. The molecule has 0 bridgehead atoms. The van der Waals surface area contributed by atoms with E-state index in [9.17, 15) is 9.59 Å². The van der Waals surface area contributed by atoms with Crippen molar-refractivity contribution in [3.63, 3.8) is 0 Å². The van der Waals surface area contributed by atoms with Gasteiger partial charge >= 0.3 is 0 Å². The van der Waals surface area contributed by atoms with Gasteiger partial charge in [-0.3, -0.25) is 9.59 Å². The molecule has 0 N–H and O–H groups in total. The molecule has 0 aromatic heterocycles. The topological polar surface area (TPSA) is 46.6 Å². The molecule has 1 heterocycles. The number of hydrogen-bond acceptors (Lipinski definition) is 3. The highest BCUT2D eigenvalue weighted by Crippen LogP contribution is 2.18. The summed E-state index contributed by atoms with van der Waals surface area (Å²) in [6, 6.07) is 6.99. The van der Waals surface area contributed by atoms with Crippen LogP contribution in [0.5, 0.6) is 0 Å². The lowest BCUT2D eigenvalue weighted by Crippen LogP contribution is -2.43. The van der Waals surface area contributed by atoms with Crippen LogP contribution in [0.4, 0.5) is 0 Å². The van der Waals surface area contributed by atoms with E-state index in [1.807, 2.05) is 0 Å². The normalized spacial score (nSPS) is 19.3. The molecule has 0 spiro atoms. The van der Waals surface area contributed by atoms with Crippen molar-refractivity contribution in [2.45, 2.75) is 25.9 Å². The molecule has 4 heteroatoms. The van der Waals surface area contributed by atoms with Crippen LogP contribution >= 0.6 is 0 Å². The molecule has 4 nitrogen and oxygen atoms in total. The first kappa shape index (κ1) is 13.7. The van der Waals surface area contributed by atoms with Gasteiger partial charge in [0.15, 0.2) is 5.78 Å². The molecular weight excluding hydrogens is 242 g/mol. The second kappa shape index (κ2) is 5.97. The van der Waals surface area contributed by atoms with E-state index in [-0.39, 0.29) is 17.8 Å². The van der Waals surface area contributed by atoms with E-state index in [2.05, 4.69) is 0 Å². The lowest BCUT2D eigenvalue weighted by molar-refractivity contribution is 0.0268. The average Bonchev–Trinajstić information content (AvgIpc) is 2.46. The van der Waals surface area contributed by atoms with Crippen molar-refractivity contribution >= 4 is 11.7 Å². The number of rotatable bonds is 3. The monoisotopic (exact) mass is 261 g/mol. The molecule has 1 aromatic rings. The fourth-order valence-electron chi connectivity index (χ4n) is 2.46. The van der Waals surface area contributed by atoms with Gasteiger partial charge in [0.2, 0.25) is 0 Å². The van der Waals surface area contributed by atoms with Crippen molar-refractivity contribution in [3.05, 3.63) is 35.4 Å². The van der Waals surface area contributed by atoms with Gasteiger partial charge in [-0.2, -0.15) is 0 Å². The highest BCUT2D eigenvalue weighted by Gasteiger charge is 2.26. The summed E-state index contributed by atoms with van der Waals surface area (Å²) in [6.45, 7) is 2.81. The zero-order chi connectivity index (χ0) is 13.8. The van der Waals surface area contributed by atoms with Crippen LogP contribution in [0.1, 0.15) is 40.5 Å². The molecule has 1 aliphatic rings. The first-order valence-electron chi connectivity index (χ1n) is 6.55. The van der Waals surface area contributed by atoms with Gasteiger partial charge < -0.3 is 9.64 Å². The standard InChI is InChI=1S/C15H19NO3/c1-11(17)13-7-3-4-8-14(13)15(18)16-9-5-6-12(10-16)19-2/h3-4,7-8,12H,5-6,9-10H2,1-2H3/t12-/m1/s1. The van der Waals surface area contributed by atoms with Gasteiger partial charge in [0.05, 0.1) is 11.7 Å². The number of ketones is 1. The molecule has 0 unspecified atom stereocenters. The van der Waals surface area contributed by atoms with E-state index >= 15 is 0 Å². The third-order valence-corrected chi connectivity index (χ3v) is 3.54. The molecule has 1 saturated heterocycles. The van der Waals surface area contributed by atoms with Crippen LogP contribution in [0.2, 0.25) is 0 Å². The molecule has 19 heavy (non-hydrogen) atoms. The number of carbonyl (C=O) groups excluding carboxylic acids is 2. The molecule has 0 aliphatic carbocycles. The summed E-state index contributed by atoms with van der Waals surface area (Å²) >= 11 is 0. The average molecular weight is 261 g/mol. The SMILES string of the molecule is CO[C@@H]1CCCN(C(=O)c2ccccc2C(C)=O)C1. The maximum atomic E-state index is 12.5. The van der Waals surface area contributed by atoms with Gasteiger partial charge in [-0.15, -0.1) is 0 Å². The number of methoxy groups -OCH3 is 1. The Labute approximate surface area is 113 Å². The van der Waals surface area contributed by atoms with Crippen molar-refractivity contribution in [1.82, 2.24) is 4.90 Å². The number of Topliss-reactive ketones (excluding diaryl/α,β-unsaturated/α-hetero) is 1. The molecule has 0 saturated carbocycles. The zero-order valence-corrected chi connectivity index (χ0v) is 11.4. The summed E-state index contributed by atoms with van der Waals surface area (Å²) in [5.41, 5.74) is 0.985. The highest BCUT2D eigenvalue weighted by molar-refractivity contribution is 6.07. The fourth-order valence-corrected chi connectivity index (χ4v) is 2.46. The van der Waals surface area contributed by atoms with E-state index in [1.54, 1.807) is 36.3 Å². The third kappa shape index (κ3) is 3.01. The molecule has 102 valence electrons. The van der Waals surface area contributed by atoms with E-state index in [0.29, 0.717) is 17.7 Å². The lowest BCUT2D eigenvalue weighted by atomic mass is 10.0. The minimum Gasteiger partial charge on any atom is -0.380 e. The van der Waals surface area contributed by atoms with Crippen LogP contribution in [0.25, 0.3) is 0 Å². The molecule has 0 radical (unpaired) electrons. The van der Waals surface area contributed by atoms with E-state index in [1.165, 1.54) is 6.92 Å². The first-order valence-corrected chi connectivity index (χ1v) is 6.55. The Bertz CT molecular complexity index is 484. The van der Waals surface area contributed by atoms with Gasteiger partial charge in [-0.1, -0.05) is 18.2 Å². The number of benzene rings is 1. The van der Waals surface area contributed by atoms with E-state index in [0.717, 1.165) is 19.4 Å². The number of piperidine rings is 1. The second-order valence-electron chi connectivity index (χ2n) is 4.85. The molecule has 1 atom stereocenters. The predicted octanol–water partition coefficient (Wildman–Crippen LogP) is 2.14. The summed E-state index contributed by atoms with van der Waals surface area (Å²) in [4.78, 5) is 25.9. The molecule has 2 rings (SSSR count). The van der Waals surface area contributed by atoms with Crippen molar-refractivity contribution in [2.24, 2.45) is 0 Å². The number of likely N-dealkylation sites (tertiary alicyclic amines) is 1. The van der Waals surface area contributed by atoms with Crippen LogP contribution in [0.15, 0.2) is 24.3 Å². The fraction of sp³-hybridized carbons (Fsp3) is 0.467. The van der Waals surface area contributed by atoms with Crippen molar-refractivity contribution < 1.29 is 14.3 Å². The van der Waals surface area contributed by atoms with Gasteiger partial charge in [0.1, 0.15) is 0 Å². The minimum atomic E-state index is -0.0794. The molecule has 1 amide bonds. The molecule has 1 aliphatic heterocycles. The van der Waals surface area contributed by atoms with Crippen LogP contribution in [-0.2, 0) is 4.74 Å². The number of nitrogens with zero attached hydrogens (tertiary/aromatic N) is 1. The van der Waals surface area contributed by atoms with Crippen molar-refractivity contribution in [3.8, 4) is 0 Å². The van der Waals surface area contributed by atoms with Crippen LogP contribution in [0, 0.1) is 0 Å². The Morgan fingerprint density at radius 2 is 1.95 bits per heavy atom. The van der Waals surface area contributed by atoms with Gasteiger partial charge in [0.25, 0.3) is 5.91 Å². The maximum Gasteiger partial charge on any atom is 0.254 e. The van der Waals surface area contributed by atoms with Gasteiger partial charge in [-0.25, -0.2) is 0 Å². The van der Waals surface area contributed by atoms with Gasteiger partial charge in [-0.05, 0) is 25.8 Å². The zero-order valence-electron chi connectivity index (χ0n) is 11.4. The van der Waals surface area contributed by atoms with E-state index in [4.69, 9.17) is 4.74 Å². The number of carbonyl (C=O) groups is 2. The molecule has 1 fully saturated rings. The van der Waals surface area contributed by atoms with Crippen molar-refractivity contribution in [2.75, 3.05) is 20.2 Å². The van der Waals surface area contributed by atoms with Crippen molar-refractivity contribution in [1.29, 1.82) is 0 Å². The summed E-state index contributed by atoms with van der Waals surface area (Å²) in [5.74, 6) is -0.156. The first-order chi connectivity index (χ1) is 9.13. The lowest BCUT2D eigenvalue weighted by Gasteiger charge is -2.32. The largest absolute Gasteiger partial charge is 0.380 e. The smallest absolute Gasteiger partial charge is 0.254 e. The minimum absolute atomic E-state index is 0.0763. The molecule has 1 aromatic carbocycles. The van der Waals surface area contributed by atoms with Crippen LogP contribution in [-0.4, -0.2) is 42.9 Å². The molecular formula is C15H19NO3. The van der Waals surface area contributed by atoms with E-state index < -0.39 is 0 Å². The van der Waals surface area contributed by atoms with Gasteiger partial charge in [0, 0.05) is 25.8 Å². The number of hydrogen-bond donors (Lipinski definition) is 0. The van der Waals surface area contributed by atoms with Crippen LogP contribution < -0.4 is 0 Å². The predicted molar refractivity (Wildman–Crippen MR) is 72.4 cm³/mol. The Balaban J connectivity index is 2.22. The summed E-state index contributed by atoms with van der Waals surface area (Å²) in [5, 5.41) is 0. The Hall–Kier alpha value is -1.68. The number of amides is 1. The summed E-state index contributed by atoms with van der Waals surface area (Å²) in [6.07, 6.45) is 2.02. The maximum absolute atomic E-state index is 12.5.